The standard InChI is InChI=1S/C19H18N6O/c1-2-26-16-10-8-15(9-11-16)19(14-6-4-3-5-7-14)20-17-12-13-18-21-23-24-25(18)22-17/h3-13,19H,2H2,1H3,(H,20,22). The highest BCUT2D eigenvalue weighted by Crippen LogP contribution is 2.27. The molecule has 0 amide bonds. The second-order valence-electron chi connectivity index (χ2n) is 5.74. The van der Waals surface area contributed by atoms with E-state index in [1.165, 1.54) is 4.63 Å². The van der Waals surface area contributed by atoms with Crippen LogP contribution < -0.4 is 10.1 Å². The van der Waals surface area contributed by atoms with Crippen LogP contribution in [0.4, 0.5) is 5.82 Å². The van der Waals surface area contributed by atoms with Gasteiger partial charge in [0.25, 0.3) is 0 Å². The van der Waals surface area contributed by atoms with Gasteiger partial charge < -0.3 is 10.1 Å². The predicted octanol–water partition coefficient (Wildman–Crippen LogP) is 3.12. The largest absolute Gasteiger partial charge is 0.494 e. The molecule has 0 fully saturated rings. The summed E-state index contributed by atoms with van der Waals surface area (Å²) in [6.07, 6.45) is 0. The molecule has 0 saturated carbocycles. The molecule has 1 N–H and O–H groups in total. The number of ether oxygens (including phenoxy) is 1. The second kappa shape index (κ2) is 7.18. The number of anilines is 1. The monoisotopic (exact) mass is 346 g/mol. The lowest BCUT2D eigenvalue weighted by Crippen LogP contribution is -2.14. The second-order valence-corrected chi connectivity index (χ2v) is 5.74. The number of rotatable bonds is 6. The van der Waals surface area contributed by atoms with Crippen LogP contribution in [0.2, 0.25) is 0 Å². The lowest BCUT2D eigenvalue weighted by Gasteiger charge is -2.20. The maximum absolute atomic E-state index is 5.55. The minimum atomic E-state index is -0.0618. The van der Waals surface area contributed by atoms with Crippen molar-refractivity contribution in [3.63, 3.8) is 0 Å². The van der Waals surface area contributed by atoms with Crippen molar-refractivity contribution in [2.75, 3.05) is 11.9 Å². The summed E-state index contributed by atoms with van der Waals surface area (Å²) >= 11 is 0. The molecule has 2 aromatic carbocycles. The van der Waals surface area contributed by atoms with Gasteiger partial charge in [-0.05, 0) is 52.7 Å². The molecule has 2 aromatic heterocycles. The van der Waals surface area contributed by atoms with Crippen LogP contribution in [0, 0.1) is 0 Å². The predicted molar refractivity (Wildman–Crippen MR) is 98.1 cm³/mol. The number of hydrogen-bond acceptors (Lipinski definition) is 6. The number of benzene rings is 2. The normalized spacial score (nSPS) is 12.0. The van der Waals surface area contributed by atoms with E-state index in [1.54, 1.807) is 0 Å². The number of hydrogen-bond donors (Lipinski definition) is 1. The summed E-state index contributed by atoms with van der Waals surface area (Å²) in [6, 6.07) is 21.9. The third-order valence-corrected chi connectivity index (χ3v) is 4.02. The van der Waals surface area contributed by atoms with E-state index in [9.17, 15) is 0 Å². The van der Waals surface area contributed by atoms with E-state index in [0.29, 0.717) is 18.1 Å². The Morgan fingerprint density at radius 1 is 0.962 bits per heavy atom. The molecule has 0 aliphatic heterocycles. The highest BCUT2D eigenvalue weighted by molar-refractivity contribution is 5.47. The Labute approximate surface area is 150 Å². The summed E-state index contributed by atoms with van der Waals surface area (Å²) in [7, 11) is 0. The van der Waals surface area contributed by atoms with Gasteiger partial charge in [0.1, 0.15) is 11.6 Å². The fraction of sp³-hybridized carbons (Fsp3) is 0.158. The number of nitrogens with zero attached hydrogens (tertiary/aromatic N) is 5. The van der Waals surface area contributed by atoms with Crippen LogP contribution in [0.25, 0.3) is 5.65 Å². The van der Waals surface area contributed by atoms with E-state index >= 15 is 0 Å². The summed E-state index contributed by atoms with van der Waals surface area (Å²) in [4.78, 5) is 0. The summed E-state index contributed by atoms with van der Waals surface area (Å²) < 4.78 is 6.95. The van der Waals surface area contributed by atoms with Gasteiger partial charge in [-0.3, -0.25) is 0 Å². The Morgan fingerprint density at radius 3 is 2.50 bits per heavy atom. The van der Waals surface area contributed by atoms with Gasteiger partial charge in [0.05, 0.1) is 12.6 Å². The number of tetrazole rings is 1. The summed E-state index contributed by atoms with van der Waals surface area (Å²) in [5.74, 6) is 1.55. The van der Waals surface area contributed by atoms with Crippen molar-refractivity contribution in [2.24, 2.45) is 0 Å². The maximum atomic E-state index is 5.55. The van der Waals surface area contributed by atoms with Gasteiger partial charge in [-0.1, -0.05) is 42.5 Å². The molecule has 1 atom stereocenters. The van der Waals surface area contributed by atoms with Crippen LogP contribution in [-0.4, -0.2) is 31.9 Å². The number of nitrogens with one attached hydrogen (secondary N) is 1. The third kappa shape index (κ3) is 3.32. The SMILES string of the molecule is CCOc1ccc(C(Nc2ccc3nnnn3n2)c2ccccc2)cc1. The Balaban J connectivity index is 1.68. The van der Waals surface area contributed by atoms with Crippen LogP contribution >= 0.6 is 0 Å². The zero-order chi connectivity index (χ0) is 17.8. The Morgan fingerprint density at radius 2 is 1.73 bits per heavy atom. The van der Waals surface area contributed by atoms with Crippen molar-refractivity contribution in [1.29, 1.82) is 0 Å². The van der Waals surface area contributed by atoms with Crippen molar-refractivity contribution in [3.05, 3.63) is 77.9 Å². The summed E-state index contributed by atoms with van der Waals surface area (Å²) in [5, 5.41) is 19.3. The number of fused-ring (bicyclic) bond motifs is 1. The minimum absolute atomic E-state index is 0.0618. The van der Waals surface area contributed by atoms with Gasteiger partial charge in [-0.15, -0.1) is 14.8 Å². The molecule has 4 rings (SSSR count). The van der Waals surface area contributed by atoms with Gasteiger partial charge in [0.15, 0.2) is 5.65 Å². The van der Waals surface area contributed by atoms with E-state index in [0.717, 1.165) is 16.9 Å². The first-order chi connectivity index (χ1) is 12.8. The van der Waals surface area contributed by atoms with Gasteiger partial charge in [-0.25, -0.2) is 0 Å². The minimum Gasteiger partial charge on any atom is -0.494 e. The average molecular weight is 346 g/mol. The van der Waals surface area contributed by atoms with Crippen LogP contribution in [-0.2, 0) is 0 Å². The van der Waals surface area contributed by atoms with E-state index < -0.39 is 0 Å². The third-order valence-electron chi connectivity index (χ3n) is 4.02. The molecule has 1 unspecified atom stereocenters. The van der Waals surface area contributed by atoms with E-state index in [1.807, 2.05) is 49.4 Å². The summed E-state index contributed by atoms with van der Waals surface area (Å²) in [5.41, 5.74) is 2.85. The van der Waals surface area contributed by atoms with Crippen LogP contribution in [0.5, 0.6) is 5.75 Å². The lowest BCUT2D eigenvalue weighted by molar-refractivity contribution is 0.340. The molecule has 26 heavy (non-hydrogen) atoms. The smallest absolute Gasteiger partial charge is 0.200 e. The lowest BCUT2D eigenvalue weighted by atomic mass is 9.98. The van der Waals surface area contributed by atoms with Crippen LogP contribution in [0.1, 0.15) is 24.1 Å². The zero-order valence-corrected chi connectivity index (χ0v) is 14.3. The first-order valence-electron chi connectivity index (χ1n) is 8.43. The fourth-order valence-electron chi connectivity index (χ4n) is 2.80. The van der Waals surface area contributed by atoms with Gasteiger partial charge in [0, 0.05) is 0 Å². The molecule has 4 aromatic rings. The van der Waals surface area contributed by atoms with Gasteiger partial charge >= 0.3 is 0 Å². The Kier molecular flexibility index (Phi) is 4.42. The van der Waals surface area contributed by atoms with Gasteiger partial charge in [0.2, 0.25) is 0 Å². The molecule has 7 nitrogen and oxygen atoms in total. The molecule has 0 bridgehead atoms. The molecular formula is C19H18N6O. The van der Waals surface area contributed by atoms with Crippen molar-refractivity contribution in [2.45, 2.75) is 13.0 Å². The summed E-state index contributed by atoms with van der Waals surface area (Å²) in [6.45, 7) is 2.62. The molecular weight excluding hydrogens is 328 g/mol. The van der Waals surface area contributed by atoms with Crippen molar-refractivity contribution < 1.29 is 4.74 Å². The van der Waals surface area contributed by atoms with Gasteiger partial charge in [-0.2, -0.15) is 0 Å². The molecule has 0 aliphatic carbocycles. The first-order valence-corrected chi connectivity index (χ1v) is 8.43. The van der Waals surface area contributed by atoms with Crippen LogP contribution in [0.3, 0.4) is 0 Å². The van der Waals surface area contributed by atoms with Crippen molar-refractivity contribution in [1.82, 2.24) is 25.3 Å². The highest BCUT2D eigenvalue weighted by Gasteiger charge is 2.15. The quantitative estimate of drug-likeness (QED) is 0.578. The topological polar surface area (TPSA) is 77.2 Å². The zero-order valence-electron chi connectivity index (χ0n) is 14.3. The molecule has 7 heteroatoms. The molecule has 2 heterocycles. The van der Waals surface area contributed by atoms with Crippen molar-refractivity contribution in [3.8, 4) is 5.75 Å². The fourth-order valence-corrected chi connectivity index (χ4v) is 2.80. The maximum Gasteiger partial charge on any atom is 0.200 e. The van der Waals surface area contributed by atoms with E-state index in [-0.39, 0.29) is 6.04 Å². The highest BCUT2D eigenvalue weighted by atomic mass is 16.5. The molecule has 0 saturated heterocycles. The van der Waals surface area contributed by atoms with Crippen LogP contribution in [0.15, 0.2) is 66.7 Å². The molecule has 0 radical (unpaired) electrons. The van der Waals surface area contributed by atoms with E-state index in [2.05, 4.69) is 50.2 Å². The molecule has 0 spiro atoms. The Hall–Kier alpha value is -3.48. The van der Waals surface area contributed by atoms with Crippen molar-refractivity contribution >= 4 is 11.5 Å². The van der Waals surface area contributed by atoms with E-state index in [4.69, 9.17) is 4.74 Å². The Bertz CT molecular complexity index is 984. The first kappa shape index (κ1) is 16.0. The molecule has 0 aliphatic rings. The molecule has 130 valence electrons. The average Bonchev–Trinajstić information content (AvgIpc) is 3.16. The number of aromatic nitrogens is 5.